The zero-order chi connectivity index (χ0) is 11.6. The van der Waals surface area contributed by atoms with Crippen molar-refractivity contribution < 1.29 is 9.90 Å². The lowest BCUT2D eigenvalue weighted by atomic mass is 9.95. The lowest BCUT2D eigenvalue weighted by molar-refractivity contribution is -0.151. The summed E-state index contributed by atoms with van der Waals surface area (Å²) in [6, 6.07) is 0. The minimum atomic E-state index is -0.602. The molecule has 92 valence electrons. The summed E-state index contributed by atoms with van der Waals surface area (Å²) in [5, 5.41) is 9.52. The van der Waals surface area contributed by atoms with Crippen LogP contribution < -0.4 is 0 Å². The molecular formula is C12H22N2O2. The Labute approximate surface area is 97.2 Å². The highest BCUT2D eigenvalue weighted by atomic mass is 16.4. The van der Waals surface area contributed by atoms with E-state index in [0.29, 0.717) is 0 Å². The third-order valence-corrected chi connectivity index (χ3v) is 4.15. The predicted octanol–water partition coefficient (Wildman–Crippen LogP) is 1.02. The number of carbonyl (C=O) groups is 1. The van der Waals surface area contributed by atoms with Gasteiger partial charge in [-0.1, -0.05) is 12.8 Å². The quantitative estimate of drug-likeness (QED) is 0.763. The average Bonchev–Trinajstić information content (AvgIpc) is 2.64. The number of carboxylic acid groups (broad SMARTS) is 1. The number of carboxylic acids is 1. The van der Waals surface area contributed by atoms with Crippen LogP contribution in [0.25, 0.3) is 0 Å². The molecule has 0 spiro atoms. The van der Waals surface area contributed by atoms with Gasteiger partial charge in [0.2, 0.25) is 0 Å². The molecule has 4 heteroatoms. The minimum absolute atomic E-state index is 0.537. The van der Waals surface area contributed by atoms with Crippen LogP contribution >= 0.6 is 0 Å². The van der Waals surface area contributed by atoms with Gasteiger partial charge in [0.15, 0.2) is 0 Å². The van der Waals surface area contributed by atoms with Gasteiger partial charge in [-0.15, -0.1) is 0 Å². The van der Waals surface area contributed by atoms with Crippen LogP contribution in [-0.2, 0) is 4.79 Å². The van der Waals surface area contributed by atoms with Gasteiger partial charge in [0, 0.05) is 19.6 Å². The van der Waals surface area contributed by atoms with Crippen molar-refractivity contribution in [2.75, 3.05) is 33.2 Å². The van der Waals surface area contributed by atoms with E-state index in [1.165, 1.54) is 0 Å². The first kappa shape index (κ1) is 11.9. The SMILES string of the molecule is CN1CCCN(C2(C(=O)O)CCCC2)CC1. The van der Waals surface area contributed by atoms with Crippen LogP contribution in [0.4, 0.5) is 0 Å². The number of nitrogens with zero attached hydrogens (tertiary/aromatic N) is 2. The monoisotopic (exact) mass is 226 g/mol. The van der Waals surface area contributed by atoms with Crippen molar-refractivity contribution in [3.8, 4) is 0 Å². The van der Waals surface area contributed by atoms with E-state index >= 15 is 0 Å². The van der Waals surface area contributed by atoms with Crippen molar-refractivity contribution >= 4 is 5.97 Å². The average molecular weight is 226 g/mol. The van der Waals surface area contributed by atoms with Crippen LogP contribution in [-0.4, -0.2) is 59.6 Å². The van der Waals surface area contributed by atoms with Gasteiger partial charge >= 0.3 is 5.97 Å². The summed E-state index contributed by atoms with van der Waals surface area (Å²) in [5.41, 5.74) is -0.537. The fraction of sp³-hybridized carbons (Fsp3) is 0.917. The molecule has 2 fully saturated rings. The molecule has 0 aromatic rings. The molecule has 1 heterocycles. The zero-order valence-corrected chi connectivity index (χ0v) is 10.1. The Morgan fingerprint density at radius 2 is 1.75 bits per heavy atom. The summed E-state index contributed by atoms with van der Waals surface area (Å²) in [5.74, 6) is -0.602. The van der Waals surface area contributed by atoms with Gasteiger partial charge in [-0.25, -0.2) is 0 Å². The summed E-state index contributed by atoms with van der Waals surface area (Å²) in [4.78, 5) is 16.1. The van der Waals surface area contributed by atoms with Gasteiger partial charge in [-0.2, -0.15) is 0 Å². The molecule has 0 aromatic heterocycles. The van der Waals surface area contributed by atoms with Crippen molar-refractivity contribution in [1.82, 2.24) is 9.80 Å². The Morgan fingerprint density at radius 1 is 1.06 bits per heavy atom. The topological polar surface area (TPSA) is 43.8 Å². The number of likely N-dealkylation sites (N-methyl/N-ethyl adjacent to an activating group) is 1. The van der Waals surface area contributed by atoms with Crippen molar-refractivity contribution in [2.45, 2.75) is 37.6 Å². The fourth-order valence-corrected chi connectivity index (χ4v) is 3.10. The maximum Gasteiger partial charge on any atom is 0.324 e. The van der Waals surface area contributed by atoms with Gasteiger partial charge in [-0.3, -0.25) is 9.69 Å². The first-order valence-corrected chi connectivity index (χ1v) is 6.32. The van der Waals surface area contributed by atoms with E-state index in [1.54, 1.807) is 0 Å². The van der Waals surface area contributed by atoms with Crippen molar-refractivity contribution in [2.24, 2.45) is 0 Å². The van der Waals surface area contributed by atoms with Crippen LogP contribution in [0, 0.1) is 0 Å². The third-order valence-electron chi connectivity index (χ3n) is 4.15. The van der Waals surface area contributed by atoms with E-state index in [4.69, 9.17) is 0 Å². The summed E-state index contributed by atoms with van der Waals surface area (Å²) in [7, 11) is 2.12. The summed E-state index contributed by atoms with van der Waals surface area (Å²) in [6.07, 6.45) is 4.90. The maximum absolute atomic E-state index is 11.6. The zero-order valence-electron chi connectivity index (χ0n) is 10.1. The van der Waals surface area contributed by atoms with Gasteiger partial charge in [0.05, 0.1) is 0 Å². The van der Waals surface area contributed by atoms with Crippen LogP contribution in [0.15, 0.2) is 0 Å². The standard InChI is InChI=1S/C12H22N2O2/c1-13-7-4-8-14(10-9-13)12(11(15)16)5-2-3-6-12/h2-10H2,1H3,(H,15,16). The molecule has 2 rings (SSSR count). The highest BCUT2D eigenvalue weighted by molar-refractivity contribution is 5.79. The number of hydrogen-bond donors (Lipinski definition) is 1. The van der Waals surface area contributed by atoms with Gasteiger partial charge < -0.3 is 10.0 Å². The van der Waals surface area contributed by atoms with Gasteiger partial charge in [0.25, 0.3) is 0 Å². The van der Waals surface area contributed by atoms with Crippen LogP contribution in [0.5, 0.6) is 0 Å². The third kappa shape index (κ3) is 2.09. The molecule has 0 aromatic carbocycles. The molecule has 4 nitrogen and oxygen atoms in total. The van der Waals surface area contributed by atoms with Crippen LogP contribution in [0.3, 0.4) is 0 Å². The Kier molecular flexibility index (Phi) is 3.50. The molecule has 16 heavy (non-hydrogen) atoms. The molecule has 1 saturated carbocycles. The van der Waals surface area contributed by atoms with Gasteiger partial charge in [-0.05, 0) is 32.9 Å². The Balaban J connectivity index is 2.10. The van der Waals surface area contributed by atoms with E-state index in [1.807, 2.05) is 0 Å². The Bertz CT molecular complexity index is 262. The van der Waals surface area contributed by atoms with E-state index in [0.717, 1.165) is 58.3 Å². The first-order valence-electron chi connectivity index (χ1n) is 6.32. The Morgan fingerprint density at radius 3 is 2.38 bits per heavy atom. The molecular weight excluding hydrogens is 204 g/mol. The molecule has 1 N–H and O–H groups in total. The van der Waals surface area contributed by atoms with Crippen molar-refractivity contribution in [3.63, 3.8) is 0 Å². The molecule has 0 bridgehead atoms. The van der Waals surface area contributed by atoms with E-state index < -0.39 is 11.5 Å². The number of aliphatic carboxylic acids is 1. The van der Waals surface area contributed by atoms with Crippen LogP contribution in [0.1, 0.15) is 32.1 Å². The molecule has 0 radical (unpaired) electrons. The fourth-order valence-electron chi connectivity index (χ4n) is 3.10. The number of hydrogen-bond acceptors (Lipinski definition) is 3. The maximum atomic E-state index is 11.6. The summed E-state index contributed by atoms with van der Waals surface area (Å²) in [6.45, 7) is 3.93. The second-order valence-corrected chi connectivity index (χ2v) is 5.19. The highest BCUT2D eigenvalue weighted by Gasteiger charge is 2.46. The highest BCUT2D eigenvalue weighted by Crippen LogP contribution is 2.36. The molecule has 1 saturated heterocycles. The summed E-state index contributed by atoms with van der Waals surface area (Å²) >= 11 is 0. The largest absolute Gasteiger partial charge is 0.480 e. The minimum Gasteiger partial charge on any atom is -0.480 e. The second kappa shape index (κ2) is 4.72. The second-order valence-electron chi connectivity index (χ2n) is 5.19. The lowest BCUT2D eigenvalue weighted by Gasteiger charge is -2.37. The van der Waals surface area contributed by atoms with E-state index in [9.17, 15) is 9.90 Å². The van der Waals surface area contributed by atoms with E-state index in [2.05, 4.69) is 16.8 Å². The number of rotatable bonds is 2. The van der Waals surface area contributed by atoms with Crippen molar-refractivity contribution in [1.29, 1.82) is 0 Å². The Hall–Kier alpha value is -0.610. The van der Waals surface area contributed by atoms with Gasteiger partial charge in [0.1, 0.15) is 5.54 Å². The predicted molar refractivity (Wildman–Crippen MR) is 62.5 cm³/mol. The smallest absolute Gasteiger partial charge is 0.324 e. The lowest BCUT2D eigenvalue weighted by Crippen LogP contribution is -2.53. The molecule has 0 amide bonds. The molecule has 0 atom stereocenters. The molecule has 2 aliphatic rings. The first-order chi connectivity index (χ1) is 7.65. The van der Waals surface area contributed by atoms with Crippen molar-refractivity contribution in [3.05, 3.63) is 0 Å². The molecule has 0 unspecified atom stereocenters. The summed E-state index contributed by atoms with van der Waals surface area (Å²) < 4.78 is 0. The molecule has 1 aliphatic heterocycles. The normalized spacial score (nSPS) is 27.8. The van der Waals surface area contributed by atoms with Crippen LogP contribution in [0.2, 0.25) is 0 Å². The molecule has 1 aliphatic carbocycles. The van der Waals surface area contributed by atoms with E-state index in [-0.39, 0.29) is 0 Å².